The van der Waals surface area contributed by atoms with Gasteiger partial charge in [0.15, 0.2) is 0 Å². The summed E-state index contributed by atoms with van der Waals surface area (Å²) in [7, 11) is 2.19. The minimum absolute atomic E-state index is 0.656. The number of likely N-dealkylation sites (tertiary alicyclic amines) is 1. The highest BCUT2D eigenvalue weighted by molar-refractivity contribution is 6.17. The van der Waals surface area contributed by atoms with Gasteiger partial charge in [-0.25, -0.2) is 0 Å². The Bertz CT molecular complexity index is 485. The van der Waals surface area contributed by atoms with Gasteiger partial charge in [-0.05, 0) is 25.8 Å². The number of nitrogens with zero attached hydrogens (tertiary/aromatic N) is 2. The molecular formula is C14H16N2. The molecule has 2 heterocycles. The Morgan fingerprint density at radius 3 is 2.88 bits per heavy atom. The van der Waals surface area contributed by atoms with Crippen LogP contribution in [-0.2, 0) is 0 Å². The molecule has 1 aromatic rings. The standard InChI is InChI=1S/C14H16N2/c1-10-7-8-14(16(10)2)12-9-15-13-6-4-3-5-11(12)13/h3-6,9-10H,7-8H2,1-2H3/b14-12+/t10-/m0/s1. The van der Waals surface area contributed by atoms with Crippen molar-refractivity contribution in [2.45, 2.75) is 25.8 Å². The summed E-state index contributed by atoms with van der Waals surface area (Å²) >= 11 is 0. The van der Waals surface area contributed by atoms with Crippen molar-refractivity contribution in [2.75, 3.05) is 7.05 Å². The number of benzene rings is 1. The van der Waals surface area contributed by atoms with E-state index in [1.54, 1.807) is 0 Å². The number of hydrogen-bond donors (Lipinski definition) is 0. The first-order chi connectivity index (χ1) is 7.77. The predicted molar refractivity (Wildman–Crippen MR) is 68.0 cm³/mol. The molecule has 1 fully saturated rings. The normalized spacial score (nSPS) is 27.6. The van der Waals surface area contributed by atoms with Crippen molar-refractivity contribution in [3.8, 4) is 0 Å². The fraction of sp³-hybridized carbons (Fsp3) is 0.357. The van der Waals surface area contributed by atoms with Crippen molar-refractivity contribution in [3.63, 3.8) is 0 Å². The monoisotopic (exact) mass is 212 g/mol. The third-order valence-corrected chi connectivity index (χ3v) is 3.72. The molecule has 1 saturated heterocycles. The Hall–Kier alpha value is -1.57. The minimum Gasteiger partial charge on any atom is -0.375 e. The molecule has 2 aliphatic heterocycles. The largest absolute Gasteiger partial charge is 0.375 e. The van der Waals surface area contributed by atoms with E-state index >= 15 is 0 Å². The molecule has 0 spiro atoms. The minimum atomic E-state index is 0.656. The summed E-state index contributed by atoms with van der Waals surface area (Å²) in [5, 5.41) is 0. The Morgan fingerprint density at radius 1 is 1.31 bits per heavy atom. The molecule has 1 atom stereocenters. The second kappa shape index (κ2) is 3.48. The first-order valence-electron chi connectivity index (χ1n) is 5.87. The van der Waals surface area contributed by atoms with Gasteiger partial charge in [-0.3, -0.25) is 4.99 Å². The van der Waals surface area contributed by atoms with E-state index < -0.39 is 0 Å². The van der Waals surface area contributed by atoms with E-state index in [9.17, 15) is 0 Å². The Labute approximate surface area is 96.3 Å². The second-order valence-corrected chi connectivity index (χ2v) is 4.63. The number of para-hydroxylation sites is 1. The van der Waals surface area contributed by atoms with Crippen molar-refractivity contribution < 1.29 is 0 Å². The smallest absolute Gasteiger partial charge is 0.0709 e. The van der Waals surface area contributed by atoms with Gasteiger partial charge in [-0.15, -0.1) is 0 Å². The average molecular weight is 212 g/mol. The van der Waals surface area contributed by atoms with Crippen LogP contribution >= 0.6 is 0 Å². The van der Waals surface area contributed by atoms with Crippen LogP contribution in [0.1, 0.15) is 25.3 Å². The maximum absolute atomic E-state index is 4.48. The van der Waals surface area contributed by atoms with Gasteiger partial charge >= 0.3 is 0 Å². The molecule has 0 aliphatic carbocycles. The Balaban J connectivity index is 2.11. The van der Waals surface area contributed by atoms with Gasteiger partial charge in [0, 0.05) is 36.1 Å². The van der Waals surface area contributed by atoms with Crippen molar-refractivity contribution >= 4 is 17.5 Å². The summed E-state index contributed by atoms with van der Waals surface area (Å²) in [6, 6.07) is 9.04. The lowest BCUT2D eigenvalue weighted by molar-refractivity contribution is 0.377. The molecule has 0 N–H and O–H groups in total. The van der Waals surface area contributed by atoms with E-state index in [0.717, 1.165) is 5.69 Å². The maximum Gasteiger partial charge on any atom is 0.0709 e. The van der Waals surface area contributed by atoms with Crippen molar-refractivity contribution in [1.82, 2.24) is 4.90 Å². The van der Waals surface area contributed by atoms with Gasteiger partial charge in [0.1, 0.15) is 0 Å². The summed E-state index contributed by atoms with van der Waals surface area (Å²) in [5.41, 5.74) is 5.17. The highest BCUT2D eigenvalue weighted by Gasteiger charge is 2.25. The number of hydrogen-bond acceptors (Lipinski definition) is 2. The fourth-order valence-corrected chi connectivity index (χ4v) is 2.55. The molecule has 3 rings (SSSR count). The van der Waals surface area contributed by atoms with Gasteiger partial charge in [0.05, 0.1) is 5.69 Å². The van der Waals surface area contributed by atoms with E-state index in [4.69, 9.17) is 0 Å². The van der Waals surface area contributed by atoms with Gasteiger partial charge in [0.25, 0.3) is 0 Å². The van der Waals surface area contributed by atoms with Crippen molar-refractivity contribution in [1.29, 1.82) is 0 Å². The van der Waals surface area contributed by atoms with Crippen LogP contribution in [-0.4, -0.2) is 24.2 Å². The van der Waals surface area contributed by atoms with Crippen LogP contribution in [0.3, 0.4) is 0 Å². The molecule has 2 aliphatic rings. The number of rotatable bonds is 0. The molecule has 0 saturated carbocycles. The van der Waals surface area contributed by atoms with Gasteiger partial charge in [0.2, 0.25) is 0 Å². The molecule has 2 heteroatoms. The van der Waals surface area contributed by atoms with Crippen LogP contribution < -0.4 is 0 Å². The molecule has 1 aromatic carbocycles. The number of allylic oxidation sites excluding steroid dienone is 2. The van der Waals surface area contributed by atoms with Gasteiger partial charge in [-0.2, -0.15) is 0 Å². The number of fused-ring (bicyclic) bond motifs is 1. The van der Waals surface area contributed by atoms with Gasteiger partial charge < -0.3 is 4.90 Å². The van der Waals surface area contributed by atoms with Crippen LogP contribution in [0.4, 0.5) is 5.69 Å². The highest BCUT2D eigenvalue weighted by Crippen LogP contribution is 2.38. The third kappa shape index (κ3) is 1.29. The summed E-state index contributed by atoms with van der Waals surface area (Å²) in [4.78, 5) is 6.87. The van der Waals surface area contributed by atoms with Crippen molar-refractivity contribution in [2.24, 2.45) is 4.99 Å². The van der Waals surface area contributed by atoms with Crippen LogP contribution in [0.2, 0.25) is 0 Å². The maximum atomic E-state index is 4.48. The zero-order chi connectivity index (χ0) is 11.1. The van der Waals surface area contributed by atoms with E-state index in [-0.39, 0.29) is 0 Å². The molecule has 0 amide bonds. The zero-order valence-electron chi connectivity index (χ0n) is 9.77. The van der Waals surface area contributed by atoms with E-state index in [0.29, 0.717) is 6.04 Å². The summed E-state index contributed by atoms with van der Waals surface area (Å²) in [6.07, 6.45) is 4.45. The molecule has 0 radical (unpaired) electrons. The van der Waals surface area contributed by atoms with Crippen LogP contribution in [0.25, 0.3) is 5.57 Å². The zero-order valence-corrected chi connectivity index (χ0v) is 9.77. The SMILES string of the molecule is C[C@H]1CC/C(=C2/C=Nc3ccccc32)N1C. The quantitative estimate of drug-likeness (QED) is 0.644. The van der Waals surface area contributed by atoms with E-state index in [1.165, 1.54) is 29.7 Å². The molecule has 0 unspecified atom stereocenters. The molecular weight excluding hydrogens is 196 g/mol. The third-order valence-electron chi connectivity index (χ3n) is 3.72. The molecule has 82 valence electrons. The second-order valence-electron chi connectivity index (χ2n) is 4.63. The molecule has 2 nitrogen and oxygen atoms in total. The summed E-state index contributed by atoms with van der Waals surface area (Å²) in [5.74, 6) is 0. The lowest BCUT2D eigenvalue weighted by Gasteiger charge is -2.20. The lowest BCUT2D eigenvalue weighted by Crippen LogP contribution is -2.20. The van der Waals surface area contributed by atoms with Crippen LogP contribution in [0.15, 0.2) is 35.0 Å². The predicted octanol–water partition coefficient (Wildman–Crippen LogP) is 3.23. The summed E-state index contributed by atoms with van der Waals surface area (Å²) < 4.78 is 0. The molecule has 0 aromatic heterocycles. The molecule has 0 bridgehead atoms. The molecule has 16 heavy (non-hydrogen) atoms. The topological polar surface area (TPSA) is 15.6 Å². The Morgan fingerprint density at radius 2 is 2.12 bits per heavy atom. The number of aliphatic imine (C=N–C) groups is 1. The van der Waals surface area contributed by atoms with Gasteiger partial charge in [-0.1, -0.05) is 18.2 Å². The Kier molecular flexibility index (Phi) is 2.10. The van der Waals surface area contributed by atoms with E-state index in [1.807, 2.05) is 12.3 Å². The first kappa shape index (κ1) is 9.64. The van der Waals surface area contributed by atoms with Crippen LogP contribution in [0, 0.1) is 0 Å². The van der Waals surface area contributed by atoms with Crippen molar-refractivity contribution in [3.05, 3.63) is 35.5 Å². The summed E-state index contributed by atoms with van der Waals surface area (Å²) in [6.45, 7) is 2.28. The van der Waals surface area contributed by atoms with E-state index in [2.05, 4.69) is 42.1 Å². The lowest BCUT2D eigenvalue weighted by atomic mass is 10.0. The van der Waals surface area contributed by atoms with Crippen LogP contribution in [0.5, 0.6) is 0 Å². The average Bonchev–Trinajstić information content (AvgIpc) is 2.85. The fourth-order valence-electron chi connectivity index (χ4n) is 2.55. The highest BCUT2D eigenvalue weighted by atomic mass is 15.2. The first-order valence-corrected chi connectivity index (χ1v) is 5.87.